The van der Waals surface area contributed by atoms with Crippen LogP contribution in [-0.4, -0.2) is 52.8 Å². The lowest BCUT2D eigenvalue weighted by Gasteiger charge is -2.14. The first-order valence-electron chi connectivity index (χ1n) is 9.78. The van der Waals surface area contributed by atoms with Crippen LogP contribution in [0.5, 0.6) is 0 Å². The standard InChI is InChI=1S/C21H22N4O5S/c1-15-11-19(25(23-15)18-7-10-31(28,29)14-18)22-20(26)13-30-21(27)16-5-4-6-17(12-16)24-8-2-3-9-24/h2-6,8-9,11-12,18H,7,10,13-14H2,1H3,(H,22,26). The van der Waals surface area contributed by atoms with Crippen LogP contribution >= 0.6 is 0 Å². The number of hydrogen-bond donors (Lipinski definition) is 1. The van der Waals surface area contributed by atoms with Crippen molar-refractivity contribution >= 4 is 27.5 Å². The lowest BCUT2D eigenvalue weighted by atomic mass is 10.2. The topological polar surface area (TPSA) is 112 Å². The maximum atomic E-state index is 12.4. The van der Waals surface area contributed by atoms with Gasteiger partial charge in [0.25, 0.3) is 5.91 Å². The van der Waals surface area contributed by atoms with Crippen molar-refractivity contribution in [1.29, 1.82) is 0 Å². The molecule has 9 nitrogen and oxygen atoms in total. The van der Waals surface area contributed by atoms with Gasteiger partial charge in [-0.25, -0.2) is 17.9 Å². The number of rotatable bonds is 6. The molecule has 1 amide bonds. The van der Waals surface area contributed by atoms with Crippen molar-refractivity contribution in [1.82, 2.24) is 14.3 Å². The van der Waals surface area contributed by atoms with Gasteiger partial charge in [-0.1, -0.05) is 6.07 Å². The van der Waals surface area contributed by atoms with Crippen molar-refractivity contribution in [3.8, 4) is 5.69 Å². The fourth-order valence-corrected chi connectivity index (χ4v) is 5.24. The molecule has 1 saturated heterocycles. The van der Waals surface area contributed by atoms with E-state index < -0.39 is 28.3 Å². The molecule has 3 aromatic rings. The number of nitrogens with one attached hydrogen (secondary N) is 1. The van der Waals surface area contributed by atoms with Gasteiger partial charge in [0.15, 0.2) is 16.4 Å². The largest absolute Gasteiger partial charge is 0.452 e. The van der Waals surface area contributed by atoms with Gasteiger partial charge in [0, 0.05) is 24.1 Å². The lowest BCUT2D eigenvalue weighted by Crippen LogP contribution is -2.24. The van der Waals surface area contributed by atoms with E-state index >= 15 is 0 Å². The van der Waals surface area contributed by atoms with E-state index in [0.29, 0.717) is 23.5 Å². The number of carbonyl (C=O) groups excluding carboxylic acids is 2. The molecule has 0 radical (unpaired) electrons. The van der Waals surface area contributed by atoms with Crippen molar-refractivity contribution in [2.75, 3.05) is 23.4 Å². The average molecular weight is 442 g/mol. The molecule has 1 atom stereocenters. The number of hydrogen-bond acceptors (Lipinski definition) is 6. The zero-order chi connectivity index (χ0) is 22.0. The van der Waals surface area contributed by atoms with E-state index in [1.165, 1.54) is 4.68 Å². The smallest absolute Gasteiger partial charge is 0.338 e. The number of benzene rings is 1. The normalized spacial score (nSPS) is 17.4. The molecule has 0 bridgehead atoms. The van der Waals surface area contributed by atoms with Crippen molar-refractivity contribution < 1.29 is 22.7 Å². The zero-order valence-electron chi connectivity index (χ0n) is 16.9. The molecule has 31 heavy (non-hydrogen) atoms. The van der Waals surface area contributed by atoms with Crippen LogP contribution in [0.4, 0.5) is 5.82 Å². The number of anilines is 1. The van der Waals surface area contributed by atoms with Crippen LogP contribution in [0, 0.1) is 6.92 Å². The van der Waals surface area contributed by atoms with Gasteiger partial charge in [-0.3, -0.25) is 4.79 Å². The van der Waals surface area contributed by atoms with Crippen molar-refractivity contribution in [2.24, 2.45) is 0 Å². The number of esters is 1. The van der Waals surface area contributed by atoms with E-state index in [2.05, 4.69) is 10.4 Å². The second kappa shape index (κ2) is 8.38. The maximum Gasteiger partial charge on any atom is 0.338 e. The fourth-order valence-electron chi connectivity index (χ4n) is 3.55. The Morgan fingerprint density at radius 2 is 1.97 bits per heavy atom. The molecule has 1 aromatic carbocycles. The van der Waals surface area contributed by atoms with E-state index in [4.69, 9.17) is 4.74 Å². The molecule has 0 aliphatic carbocycles. The summed E-state index contributed by atoms with van der Waals surface area (Å²) < 4.78 is 32.1. The highest BCUT2D eigenvalue weighted by atomic mass is 32.2. The number of aryl methyl sites for hydroxylation is 1. The van der Waals surface area contributed by atoms with Crippen molar-refractivity contribution in [2.45, 2.75) is 19.4 Å². The highest BCUT2D eigenvalue weighted by Gasteiger charge is 2.31. The Kier molecular flexibility index (Phi) is 5.64. The number of nitrogens with zero attached hydrogens (tertiary/aromatic N) is 3. The molecular weight excluding hydrogens is 420 g/mol. The quantitative estimate of drug-likeness (QED) is 0.586. The molecule has 1 unspecified atom stereocenters. The van der Waals surface area contributed by atoms with Crippen LogP contribution in [0.1, 0.15) is 28.5 Å². The molecule has 1 aliphatic heterocycles. The highest BCUT2D eigenvalue weighted by molar-refractivity contribution is 7.91. The summed E-state index contributed by atoms with van der Waals surface area (Å²) in [5, 5.41) is 6.98. The van der Waals surface area contributed by atoms with Crippen LogP contribution in [-0.2, 0) is 19.4 Å². The Morgan fingerprint density at radius 3 is 2.68 bits per heavy atom. The van der Waals surface area contributed by atoms with Gasteiger partial charge in [0.05, 0.1) is 28.8 Å². The van der Waals surface area contributed by atoms with Gasteiger partial charge >= 0.3 is 5.97 Å². The Labute approximate surface area is 179 Å². The number of ether oxygens (including phenoxy) is 1. The van der Waals surface area contributed by atoms with E-state index in [1.54, 1.807) is 31.2 Å². The molecular formula is C21H22N4O5S. The second-order valence-electron chi connectivity index (χ2n) is 7.44. The summed E-state index contributed by atoms with van der Waals surface area (Å²) in [5.74, 6) is -0.671. The minimum Gasteiger partial charge on any atom is -0.452 e. The molecule has 4 rings (SSSR count). The summed E-state index contributed by atoms with van der Waals surface area (Å²) >= 11 is 0. The number of carbonyl (C=O) groups is 2. The molecule has 162 valence electrons. The minimum atomic E-state index is -3.10. The summed E-state index contributed by atoms with van der Waals surface area (Å²) in [7, 11) is -3.10. The minimum absolute atomic E-state index is 0.0102. The van der Waals surface area contributed by atoms with Gasteiger partial charge in [0.2, 0.25) is 0 Å². The Bertz CT molecular complexity index is 1210. The van der Waals surface area contributed by atoms with Gasteiger partial charge in [-0.05, 0) is 43.7 Å². The molecule has 1 fully saturated rings. The van der Waals surface area contributed by atoms with E-state index in [9.17, 15) is 18.0 Å². The van der Waals surface area contributed by atoms with Crippen LogP contribution < -0.4 is 5.32 Å². The first-order valence-corrected chi connectivity index (χ1v) is 11.6. The van der Waals surface area contributed by atoms with Crippen LogP contribution in [0.15, 0.2) is 54.9 Å². The molecule has 2 aromatic heterocycles. The molecule has 0 saturated carbocycles. The Morgan fingerprint density at radius 1 is 1.19 bits per heavy atom. The van der Waals surface area contributed by atoms with Crippen LogP contribution in [0.3, 0.4) is 0 Å². The predicted molar refractivity (Wildman–Crippen MR) is 114 cm³/mol. The summed E-state index contributed by atoms with van der Waals surface area (Å²) in [6.07, 6.45) is 4.16. The zero-order valence-corrected chi connectivity index (χ0v) is 17.7. The van der Waals surface area contributed by atoms with Crippen molar-refractivity contribution in [3.05, 3.63) is 66.1 Å². The first kappa shape index (κ1) is 20.9. The Balaban J connectivity index is 1.38. The molecule has 10 heteroatoms. The summed E-state index contributed by atoms with van der Waals surface area (Å²) in [6.45, 7) is 1.28. The first-order chi connectivity index (χ1) is 14.8. The third-order valence-electron chi connectivity index (χ3n) is 5.00. The number of amides is 1. The van der Waals surface area contributed by atoms with Crippen LogP contribution in [0.25, 0.3) is 5.69 Å². The maximum absolute atomic E-state index is 12.4. The molecule has 1 N–H and O–H groups in total. The van der Waals surface area contributed by atoms with Gasteiger partial charge in [0.1, 0.15) is 5.82 Å². The van der Waals surface area contributed by atoms with E-state index in [1.807, 2.05) is 35.2 Å². The monoisotopic (exact) mass is 442 g/mol. The number of aromatic nitrogens is 3. The SMILES string of the molecule is Cc1cc(NC(=O)COC(=O)c2cccc(-n3cccc3)c2)n(C2CCS(=O)(=O)C2)n1. The Hall–Kier alpha value is -3.40. The molecule has 1 aliphatic rings. The summed E-state index contributed by atoms with van der Waals surface area (Å²) in [6, 6.07) is 12.0. The number of sulfone groups is 1. The average Bonchev–Trinajstić information content (AvgIpc) is 3.46. The van der Waals surface area contributed by atoms with Crippen molar-refractivity contribution in [3.63, 3.8) is 0 Å². The second-order valence-corrected chi connectivity index (χ2v) is 9.67. The van der Waals surface area contributed by atoms with E-state index in [0.717, 1.165) is 5.69 Å². The van der Waals surface area contributed by atoms with E-state index in [-0.39, 0.29) is 17.5 Å². The van der Waals surface area contributed by atoms with Gasteiger partial charge in [-0.15, -0.1) is 0 Å². The summed E-state index contributed by atoms with van der Waals surface area (Å²) in [5.41, 5.74) is 1.78. The molecule has 3 heterocycles. The predicted octanol–water partition coefficient (Wildman–Crippen LogP) is 2.14. The summed E-state index contributed by atoms with van der Waals surface area (Å²) in [4.78, 5) is 24.7. The lowest BCUT2D eigenvalue weighted by molar-refractivity contribution is -0.119. The fraction of sp³-hybridized carbons (Fsp3) is 0.286. The van der Waals surface area contributed by atoms with Crippen LogP contribution in [0.2, 0.25) is 0 Å². The third kappa shape index (κ3) is 4.85. The van der Waals surface area contributed by atoms with Gasteiger partial charge < -0.3 is 14.6 Å². The molecule has 0 spiro atoms. The van der Waals surface area contributed by atoms with Gasteiger partial charge in [-0.2, -0.15) is 5.10 Å². The third-order valence-corrected chi connectivity index (χ3v) is 6.75. The highest BCUT2D eigenvalue weighted by Crippen LogP contribution is 2.27.